The number of rotatable bonds is 5. The van der Waals surface area contributed by atoms with Gasteiger partial charge in [-0.2, -0.15) is 0 Å². The van der Waals surface area contributed by atoms with E-state index in [4.69, 9.17) is 9.84 Å². The lowest BCUT2D eigenvalue weighted by Gasteiger charge is -2.14. The van der Waals surface area contributed by atoms with Crippen LogP contribution in [0, 0.1) is 0 Å². The van der Waals surface area contributed by atoms with Crippen molar-refractivity contribution in [3.63, 3.8) is 0 Å². The van der Waals surface area contributed by atoms with Gasteiger partial charge in [0, 0.05) is 5.56 Å². The van der Waals surface area contributed by atoms with Gasteiger partial charge >= 0.3 is 5.97 Å². The number of carboxylic acid groups (broad SMARTS) is 1. The minimum Gasteiger partial charge on any atom is -0.478 e. The highest BCUT2D eigenvalue weighted by Gasteiger charge is 2.11. The van der Waals surface area contributed by atoms with Crippen LogP contribution in [0.2, 0.25) is 0 Å². The van der Waals surface area contributed by atoms with Crippen LogP contribution < -0.4 is 4.74 Å². The van der Waals surface area contributed by atoms with E-state index >= 15 is 0 Å². The third-order valence-corrected chi connectivity index (χ3v) is 4.50. The van der Waals surface area contributed by atoms with E-state index < -0.39 is 5.97 Å². The fraction of sp³-hybridized carbons (Fsp3) is 0. The van der Waals surface area contributed by atoms with Gasteiger partial charge in [0.2, 0.25) is 0 Å². The maximum absolute atomic E-state index is 11.1. The highest BCUT2D eigenvalue weighted by molar-refractivity contribution is 5.87. The van der Waals surface area contributed by atoms with Gasteiger partial charge in [-0.25, -0.2) is 4.79 Å². The molecular formula is C25H18O3. The maximum atomic E-state index is 11.1. The predicted molar refractivity (Wildman–Crippen MR) is 111 cm³/mol. The summed E-state index contributed by atoms with van der Waals surface area (Å²) < 4.78 is 6.17. The van der Waals surface area contributed by atoms with Crippen LogP contribution in [0.1, 0.15) is 10.4 Å². The molecule has 0 saturated carbocycles. The van der Waals surface area contributed by atoms with Gasteiger partial charge in [-0.05, 0) is 47.0 Å². The second-order valence-corrected chi connectivity index (χ2v) is 6.37. The molecule has 0 atom stereocenters. The Morgan fingerprint density at radius 2 is 1.25 bits per heavy atom. The number of aromatic carboxylic acids is 1. The molecule has 0 aliphatic carbocycles. The van der Waals surface area contributed by atoms with Crippen LogP contribution >= 0.6 is 0 Å². The van der Waals surface area contributed by atoms with Crippen molar-refractivity contribution in [3.05, 3.63) is 109 Å². The molecule has 4 aromatic carbocycles. The first kappa shape index (κ1) is 17.6. The highest BCUT2D eigenvalue weighted by atomic mass is 16.5. The van der Waals surface area contributed by atoms with Gasteiger partial charge in [-0.15, -0.1) is 0 Å². The topological polar surface area (TPSA) is 46.5 Å². The molecule has 0 saturated heterocycles. The Labute approximate surface area is 163 Å². The van der Waals surface area contributed by atoms with E-state index in [1.165, 1.54) is 0 Å². The first-order valence-electron chi connectivity index (χ1n) is 8.97. The number of hydrogen-bond donors (Lipinski definition) is 1. The normalized spacial score (nSPS) is 10.4. The van der Waals surface area contributed by atoms with Gasteiger partial charge in [-0.1, -0.05) is 72.8 Å². The van der Waals surface area contributed by atoms with E-state index in [0.29, 0.717) is 5.75 Å². The summed E-state index contributed by atoms with van der Waals surface area (Å²) in [6.07, 6.45) is 0. The number of benzene rings is 4. The molecule has 0 amide bonds. The number of carboxylic acids is 1. The summed E-state index contributed by atoms with van der Waals surface area (Å²) in [6, 6.07) is 32.7. The Balaban J connectivity index is 1.76. The average molecular weight is 366 g/mol. The summed E-state index contributed by atoms with van der Waals surface area (Å²) in [6.45, 7) is 0. The largest absolute Gasteiger partial charge is 0.478 e. The van der Waals surface area contributed by atoms with Crippen LogP contribution in [0.3, 0.4) is 0 Å². The number of hydrogen-bond acceptors (Lipinski definition) is 2. The van der Waals surface area contributed by atoms with Crippen molar-refractivity contribution in [2.75, 3.05) is 0 Å². The molecule has 0 spiro atoms. The molecule has 1 N–H and O–H groups in total. The third-order valence-electron chi connectivity index (χ3n) is 4.50. The standard InChI is InChI=1S/C25H18O3/c26-25(27)20-11-14-22(15-12-20)28-24-17-21(18-7-3-1-4-8-18)13-16-23(24)19-9-5-2-6-10-19/h1-17H,(H,26,27). The summed E-state index contributed by atoms with van der Waals surface area (Å²) >= 11 is 0. The summed E-state index contributed by atoms with van der Waals surface area (Å²) in [7, 11) is 0. The SMILES string of the molecule is O=C(O)c1ccc(Oc2cc(-c3ccccc3)ccc2-c2ccccc2)cc1. The molecule has 0 radical (unpaired) electrons. The second-order valence-electron chi connectivity index (χ2n) is 6.37. The van der Waals surface area contributed by atoms with E-state index in [2.05, 4.69) is 24.3 Å². The molecule has 3 nitrogen and oxygen atoms in total. The van der Waals surface area contributed by atoms with Gasteiger partial charge in [0.25, 0.3) is 0 Å². The molecule has 0 heterocycles. The van der Waals surface area contributed by atoms with Crippen LogP contribution in [0.15, 0.2) is 103 Å². The van der Waals surface area contributed by atoms with Crippen molar-refractivity contribution in [1.82, 2.24) is 0 Å². The number of carbonyl (C=O) groups is 1. The molecule has 136 valence electrons. The summed E-state index contributed by atoms with van der Waals surface area (Å²) in [5, 5.41) is 9.08. The Morgan fingerprint density at radius 1 is 0.643 bits per heavy atom. The van der Waals surface area contributed by atoms with Crippen LogP contribution in [-0.4, -0.2) is 11.1 Å². The molecule has 28 heavy (non-hydrogen) atoms. The van der Waals surface area contributed by atoms with Crippen molar-refractivity contribution >= 4 is 5.97 Å². The van der Waals surface area contributed by atoms with Gasteiger partial charge in [-0.3, -0.25) is 0 Å². The van der Waals surface area contributed by atoms with Crippen molar-refractivity contribution in [3.8, 4) is 33.8 Å². The Hall–Kier alpha value is -3.85. The molecule has 4 rings (SSSR count). The van der Waals surface area contributed by atoms with E-state index in [9.17, 15) is 4.79 Å². The zero-order chi connectivity index (χ0) is 19.3. The van der Waals surface area contributed by atoms with Gasteiger partial charge in [0.05, 0.1) is 5.56 Å². The summed E-state index contributed by atoms with van der Waals surface area (Å²) in [4.78, 5) is 11.1. The fourth-order valence-corrected chi connectivity index (χ4v) is 3.07. The molecule has 0 fully saturated rings. The fourth-order valence-electron chi connectivity index (χ4n) is 3.07. The van der Waals surface area contributed by atoms with Crippen molar-refractivity contribution < 1.29 is 14.6 Å². The van der Waals surface area contributed by atoms with Crippen LogP contribution in [0.25, 0.3) is 22.3 Å². The second kappa shape index (κ2) is 7.80. The van der Waals surface area contributed by atoms with E-state index in [1.54, 1.807) is 24.3 Å². The molecule has 0 unspecified atom stereocenters. The van der Waals surface area contributed by atoms with Crippen molar-refractivity contribution in [2.24, 2.45) is 0 Å². The lowest BCUT2D eigenvalue weighted by molar-refractivity contribution is 0.0697. The Bertz CT molecular complexity index is 1090. The van der Waals surface area contributed by atoms with E-state index in [1.807, 2.05) is 54.6 Å². The zero-order valence-electron chi connectivity index (χ0n) is 15.1. The minimum atomic E-state index is -0.956. The molecular weight excluding hydrogens is 348 g/mol. The van der Waals surface area contributed by atoms with Crippen LogP contribution in [0.4, 0.5) is 0 Å². The summed E-state index contributed by atoms with van der Waals surface area (Å²) in [5.41, 5.74) is 4.42. The predicted octanol–water partition coefficient (Wildman–Crippen LogP) is 6.51. The Morgan fingerprint density at radius 3 is 1.86 bits per heavy atom. The highest BCUT2D eigenvalue weighted by Crippen LogP contribution is 2.37. The van der Waals surface area contributed by atoms with Crippen LogP contribution in [-0.2, 0) is 0 Å². The molecule has 0 aliphatic rings. The van der Waals surface area contributed by atoms with Crippen molar-refractivity contribution in [1.29, 1.82) is 0 Å². The first-order valence-corrected chi connectivity index (χ1v) is 8.97. The third kappa shape index (κ3) is 3.79. The van der Waals surface area contributed by atoms with Crippen molar-refractivity contribution in [2.45, 2.75) is 0 Å². The van der Waals surface area contributed by atoms with Gasteiger partial charge < -0.3 is 9.84 Å². The maximum Gasteiger partial charge on any atom is 0.335 e. The van der Waals surface area contributed by atoms with E-state index in [0.717, 1.165) is 28.0 Å². The average Bonchev–Trinajstić information content (AvgIpc) is 2.75. The molecule has 4 aromatic rings. The monoisotopic (exact) mass is 366 g/mol. The molecule has 0 aliphatic heterocycles. The lowest BCUT2D eigenvalue weighted by atomic mass is 9.99. The quantitative estimate of drug-likeness (QED) is 0.438. The van der Waals surface area contributed by atoms with E-state index in [-0.39, 0.29) is 5.56 Å². The molecule has 0 aromatic heterocycles. The molecule has 0 bridgehead atoms. The smallest absolute Gasteiger partial charge is 0.335 e. The van der Waals surface area contributed by atoms with Gasteiger partial charge in [0.1, 0.15) is 11.5 Å². The zero-order valence-corrected chi connectivity index (χ0v) is 15.1. The van der Waals surface area contributed by atoms with Crippen LogP contribution in [0.5, 0.6) is 11.5 Å². The first-order chi connectivity index (χ1) is 13.7. The Kier molecular flexibility index (Phi) is 4.89. The lowest BCUT2D eigenvalue weighted by Crippen LogP contribution is -1.95. The summed E-state index contributed by atoms with van der Waals surface area (Å²) in [5.74, 6) is 0.352. The molecule has 3 heteroatoms. The van der Waals surface area contributed by atoms with Gasteiger partial charge in [0.15, 0.2) is 0 Å². The minimum absolute atomic E-state index is 0.230. The number of ether oxygens (including phenoxy) is 1.